The normalized spacial score (nSPS) is 47.3. The van der Waals surface area contributed by atoms with Crippen LogP contribution in [0.5, 0.6) is 0 Å². The number of rotatable bonds is 7. The minimum absolute atomic E-state index is 0.0171. The van der Waals surface area contributed by atoms with E-state index in [1.54, 1.807) is 0 Å². The van der Waals surface area contributed by atoms with Crippen molar-refractivity contribution >= 4 is 16.0 Å². The Morgan fingerprint density at radius 1 is 1.03 bits per heavy atom. The molecule has 8 nitrogen and oxygen atoms in total. The van der Waals surface area contributed by atoms with Gasteiger partial charge in [-0.3, -0.25) is 9.35 Å². The summed E-state index contributed by atoms with van der Waals surface area (Å²) in [5.41, 5.74) is -0.316. The molecule has 214 valence electrons. The number of fused-ring (bicyclic) bond motifs is 5. The molecule has 0 saturated heterocycles. The average Bonchev–Trinajstić information content (AvgIpc) is 3.16. The number of hydrogen-bond acceptors (Lipinski definition) is 6. The number of aliphatic hydroxyl groups is 3. The van der Waals surface area contributed by atoms with Crippen molar-refractivity contribution < 1.29 is 33.1 Å². The summed E-state index contributed by atoms with van der Waals surface area (Å²) >= 11 is 0. The van der Waals surface area contributed by atoms with Gasteiger partial charge < -0.3 is 20.6 Å². The van der Waals surface area contributed by atoms with E-state index < -0.39 is 28.1 Å². The molecule has 4 aliphatic rings. The lowest BCUT2D eigenvalue weighted by molar-refractivity contribution is -0.225. The monoisotopic (exact) mass is 543 g/mol. The second-order valence-corrected chi connectivity index (χ2v) is 15.2. The maximum Gasteiger partial charge on any atom is 0.266 e. The summed E-state index contributed by atoms with van der Waals surface area (Å²) in [6, 6.07) is 0. The SMILES string of the molecule is CC(C[C@@H](C)[C@H]1CCC2C3C(C[C@H](O)[C@@]21C)[C@@]1(C)CC[C@@H](O)CC1[C@@H](C)[C@H]3O)C(=O)NCCS(=O)(=O)O. The first kappa shape index (κ1) is 29.2. The average molecular weight is 544 g/mol. The number of hydrogen-bond donors (Lipinski definition) is 5. The molecule has 0 aromatic rings. The van der Waals surface area contributed by atoms with Gasteiger partial charge in [0.2, 0.25) is 5.91 Å². The molecule has 0 spiro atoms. The van der Waals surface area contributed by atoms with Gasteiger partial charge in [-0.1, -0.05) is 34.6 Å². The summed E-state index contributed by atoms with van der Waals surface area (Å²) < 4.78 is 30.8. The second-order valence-electron chi connectivity index (χ2n) is 13.7. The van der Waals surface area contributed by atoms with Crippen LogP contribution in [-0.4, -0.2) is 64.8 Å². The summed E-state index contributed by atoms with van der Waals surface area (Å²) in [6.07, 6.45) is 4.49. The van der Waals surface area contributed by atoms with Crippen LogP contribution in [0.3, 0.4) is 0 Å². The van der Waals surface area contributed by atoms with Crippen molar-refractivity contribution in [2.75, 3.05) is 12.3 Å². The zero-order valence-corrected chi connectivity index (χ0v) is 24.0. The fraction of sp³-hybridized carbons (Fsp3) is 0.964. The molecule has 0 aromatic heterocycles. The van der Waals surface area contributed by atoms with E-state index in [4.69, 9.17) is 4.55 Å². The third kappa shape index (κ3) is 5.12. The van der Waals surface area contributed by atoms with Crippen molar-refractivity contribution in [2.45, 2.75) is 97.9 Å². The van der Waals surface area contributed by atoms with Gasteiger partial charge in [-0.05, 0) is 97.2 Å². The Labute approximate surface area is 222 Å². The van der Waals surface area contributed by atoms with Gasteiger partial charge in [0, 0.05) is 12.5 Å². The standard InChI is InChI=1S/C28H49NO7S/c1-15(12-16(2)26(33)29-10-11-37(34,35)36)19-6-7-20-24-22(14-23(31)28(19,20)5)27(4)9-8-18(30)13-21(27)17(3)25(24)32/h15-25,30-32H,6-14H2,1-5H3,(H,29,33)(H,34,35,36)/t15-,16?,17-,18-,19-,20?,21?,22?,23+,24?,25-,27+,28-/m1/s1. The number of amides is 1. The zero-order chi connectivity index (χ0) is 27.5. The van der Waals surface area contributed by atoms with E-state index in [0.29, 0.717) is 12.8 Å². The maximum absolute atomic E-state index is 12.6. The Balaban J connectivity index is 1.49. The van der Waals surface area contributed by atoms with Gasteiger partial charge in [0.25, 0.3) is 10.1 Å². The molecule has 4 rings (SSSR count). The van der Waals surface area contributed by atoms with Crippen LogP contribution in [0.15, 0.2) is 0 Å². The zero-order valence-electron chi connectivity index (χ0n) is 23.1. The lowest BCUT2D eigenvalue weighted by atomic mass is 9.41. The van der Waals surface area contributed by atoms with E-state index in [1.807, 2.05) is 6.92 Å². The molecular weight excluding hydrogens is 494 g/mol. The van der Waals surface area contributed by atoms with Gasteiger partial charge in [0.1, 0.15) is 0 Å². The summed E-state index contributed by atoms with van der Waals surface area (Å²) in [6.45, 7) is 10.6. The van der Waals surface area contributed by atoms with Crippen LogP contribution in [0.2, 0.25) is 0 Å². The molecule has 0 aromatic carbocycles. The van der Waals surface area contributed by atoms with Crippen molar-refractivity contribution in [3.8, 4) is 0 Å². The van der Waals surface area contributed by atoms with Crippen LogP contribution in [-0.2, 0) is 14.9 Å². The van der Waals surface area contributed by atoms with Crippen molar-refractivity contribution in [2.24, 2.45) is 58.2 Å². The summed E-state index contributed by atoms with van der Waals surface area (Å²) in [5.74, 6) is 0.327. The topological polar surface area (TPSA) is 144 Å². The molecule has 5 unspecified atom stereocenters. The van der Waals surface area contributed by atoms with Crippen LogP contribution in [0.4, 0.5) is 0 Å². The highest BCUT2D eigenvalue weighted by molar-refractivity contribution is 7.85. The van der Waals surface area contributed by atoms with Crippen molar-refractivity contribution in [3.05, 3.63) is 0 Å². The molecule has 5 N–H and O–H groups in total. The van der Waals surface area contributed by atoms with Crippen LogP contribution < -0.4 is 5.32 Å². The largest absolute Gasteiger partial charge is 0.393 e. The van der Waals surface area contributed by atoms with Crippen LogP contribution >= 0.6 is 0 Å². The lowest BCUT2D eigenvalue weighted by Crippen LogP contribution is -2.64. The van der Waals surface area contributed by atoms with Gasteiger partial charge in [-0.25, -0.2) is 0 Å². The summed E-state index contributed by atoms with van der Waals surface area (Å²) in [7, 11) is -4.12. The second kappa shape index (κ2) is 10.3. The minimum Gasteiger partial charge on any atom is -0.393 e. The third-order valence-electron chi connectivity index (χ3n) is 11.8. The van der Waals surface area contributed by atoms with E-state index in [1.165, 1.54) is 0 Å². The summed E-state index contributed by atoms with van der Waals surface area (Å²) in [4.78, 5) is 12.6. The van der Waals surface area contributed by atoms with Gasteiger partial charge in [0.05, 0.1) is 24.1 Å². The number of aliphatic hydroxyl groups excluding tert-OH is 3. The van der Waals surface area contributed by atoms with Gasteiger partial charge >= 0.3 is 0 Å². The Bertz CT molecular complexity index is 958. The van der Waals surface area contributed by atoms with Crippen LogP contribution in [0, 0.1) is 58.2 Å². The molecule has 0 heterocycles. The van der Waals surface area contributed by atoms with Crippen molar-refractivity contribution in [1.29, 1.82) is 0 Å². The fourth-order valence-electron chi connectivity index (χ4n) is 9.89. The van der Waals surface area contributed by atoms with E-state index >= 15 is 0 Å². The van der Waals surface area contributed by atoms with Gasteiger partial charge in [0.15, 0.2) is 0 Å². The highest BCUT2D eigenvalue weighted by Gasteiger charge is 2.67. The Hall–Kier alpha value is -0.740. The molecule has 1 amide bonds. The molecule has 4 fully saturated rings. The molecule has 0 aliphatic heterocycles. The first-order valence-corrected chi connectivity index (χ1v) is 16.0. The molecule has 9 heteroatoms. The van der Waals surface area contributed by atoms with Crippen LogP contribution in [0.25, 0.3) is 0 Å². The quantitative estimate of drug-likeness (QED) is 0.311. The third-order valence-corrected chi connectivity index (χ3v) is 12.6. The smallest absolute Gasteiger partial charge is 0.266 e. The first-order chi connectivity index (χ1) is 17.1. The predicted molar refractivity (Wildman–Crippen MR) is 141 cm³/mol. The molecular formula is C28H49NO7S. The minimum atomic E-state index is -4.12. The van der Waals surface area contributed by atoms with Crippen molar-refractivity contribution in [3.63, 3.8) is 0 Å². The van der Waals surface area contributed by atoms with E-state index in [0.717, 1.165) is 32.1 Å². The molecule has 0 bridgehead atoms. The summed E-state index contributed by atoms with van der Waals surface area (Å²) in [5, 5.41) is 36.4. The van der Waals surface area contributed by atoms with Crippen molar-refractivity contribution in [1.82, 2.24) is 5.32 Å². The number of carbonyl (C=O) groups excluding carboxylic acids is 1. The molecule has 13 atom stereocenters. The van der Waals surface area contributed by atoms with Crippen LogP contribution in [0.1, 0.15) is 79.6 Å². The van der Waals surface area contributed by atoms with E-state index in [2.05, 4.69) is 33.0 Å². The highest BCUT2D eigenvalue weighted by atomic mass is 32.2. The van der Waals surface area contributed by atoms with E-state index in [9.17, 15) is 28.5 Å². The fourth-order valence-corrected chi connectivity index (χ4v) is 10.2. The Kier molecular flexibility index (Phi) is 8.18. The van der Waals surface area contributed by atoms with Gasteiger partial charge in [-0.15, -0.1) is 0 Å². The molecule has 37 heavy (non-hydrogen) atoms. The van der Waals surface area contributed by atoms with E-state index in [-0.39, 0.29) is 76.7 Å². The first-order valence-electron chi connectivity index (χ1n) is 14.4. The Morgan fingerprint density at radius 2 is 1.70 bits per heavy atom. The predicted octanol–water partition coefficient (Wildman–Crippen LogP) is 2.86. The molecule has 0 radical (unpaired) electrons. The molecule has 4 aliphatic carbocycles. The lowest BCUT2D eigenvalue weighted by Gasteiger charge is -2.65. The number of nitrogens with one attached hydrogen (secondary N) is 1. The highest BCUT2D eigenvalue weighted by Crippen LogP contribution is 2.69. The van der Waals surface area contributed by atoms with Gasteiger partial charge in [-0.2, -0.15) is 8.42 Å². The molecule has 4 saturated carbocycles. The Morgan fingerprint density at radius 3 is 2.35 bits per heavy atom. The maximum atomic E-state index is 12.6. The number of carbonyl (C=O) groups is 1.